The molecule has 0 saturated carbocycles. The number of nitro benzene ring substituents is 1. The van der Waals surface area contributed by atoms with Crippen LogP contribution in [0.1, 0.15) is 21.6 Å². The fraction of sp³-hybridized carbons (Fsp3) is 0.200. The molecule has 1 aliphatic heterocycles. The van der Waals surface area contributed by atoms with E-state index in [4.69, 9.17) is 0 Å². The second kappa shape index (κ2) is 7.00. The highest BCUT2D eigenvalue weighted by molar-refractivity contribution is 8.93. The Labute approximate surface area is 176 Å². The number of aromatic hydroxyl groups is 1. The first-order chi connectivity index (χ1) is 13.5. The third-order valence-electron chi connectivity index (χ3n) is 5.36. The van der Waals surface area contributed by atoms with Gasteiger partial charge in [-0.15, -0.1) is 17.0 Å². The zero-order valence-electron chi connectivity index (χ0n) is 15.2. The Morgan fingerprint density at radius 1 is 1.17 bits per heavy atom. The largest absolute Gasteiger partial charge is 0.507 e. The Hall–Kier alpha value is -3.20. The lowest BCUT2D eigenvalue weighted by atomic mass is 9.86. The second-order valence-electron chi connectivity index (χ2n) is 6.99. The molecule has 0 radical (unpaired) electrons. The summed E-state index contributed by atoms with van der Waals surface area (Å²) in [5.74, 6) is -0.0365. The van der Waals surface area contributed by atoms with E-state index >= 15 is 0 Å². The lowest BCUT2D eigenvalue weighted by Gasteiger charge is -2.19. The van der Waals surface area contributed by atoms with Crippen molar-refractivity contribution in [2.45, 2.75) is 19.4 Å². The molecule has 3 aromatic rings. The van der Waals surface area contributed by atoms with Gasteiger partial charge in [0, 0.05) is 35.4 Å². The van der Waals surface area contributed by atoms with E-state index in [1.165, 1.54) is 12.1 Å². The van der Waals surface area contributed by atoms with Crippen LogP contribution in [0.4, 0.5) is 5.69 Å². The Kier molecular flexibility index (Phi) is 4.62. The Morgan fingerprint density at radius 3 is 2.79 bits per heavy atom. The SMILES string of the molecule is Br.O=C1NCCn2nc3c(c21)CCc1cc(O)c(-c2cccc([N+](=O)[O-])c2)cc1-3. The number of aromatic nitrogens is 2. The van der Waals surface area contributed by atoms with E-state index in [0.717, 1.165) is 22.4 Å². The Bertz CT molecular complexity index is 1170. The van der Waals surface area contributed by atoms with Crippen LogP contribution in [0.2, 0.25) is 0 Å². The molecule has 0 bridgehead atoms. The maximum absolute atomic E-state index is 12.3. The smallest absolute Gasteiger partial charge is 0.270 e. The van der Waals surface area contributed by atoms with Crippen LogP contribution in [0.15, 0.2) is 36.4 Å². The molecule has 0 unspecified atom stereocenters. The molecule has 1 aromatic heterocycles. The molecule has 0 atom stereocenters. The first-order valence-electron chi connectivity index (χ1n) is 9.02. The minimum Gasteiger partial charge on any atom is -0.507 e. The molecule has 2 aliphatic rings. The standard InChI is InChI=1S/C20H16N4O4.BrH/c25-17-9-12-4-5-14-18(22-23-7-6-21-20(26)19(14)23)16(12)10-15(17)11-2-1-3-13(8-11)24(27)28;/h1-3,8-10,25H,4-7H2,(H,21,26);1H. The van der Waals surface area contributed by atoms with Crippen molar-refractivity contribution >= 4 is 28.6 Å². The zero-order valence-corrected chi connectivity index (χ0v) is 16.9. The minimum atomic E-state index is -0.459. The third-order valence-corrected chi connectivity index (χ3v) is 5.36. The lowest BCUT2D eigenvalue weighted by Crippen LogP contribution is -2.36. The van der Waals surface area contributed by atoms with Gasteiger partial charge in [0.05, 0.1) is 17.2 Å². The van der Waals surface area contributed by atoms with Gasteiger partial charge in [0.25, 0.3) is 11.6 Å². The molecule has 148 valence electrons. The van der Waals surface area contributed by atoms with E-state index in [0.29, 0.717) is 42.8 Å². The predicted molar refractivity (Wildman–Crippen MR) is 111 cm³/mol. The van der Waals surface area contributed by atoms with Crippen molar-refractivity contribution in [2.24, 2.45) is 0 Å². The lowest BCUT2D eigenvalue weighted by molar-refractivity contribution is -0.384. The summed E-state index contributed by atoms with van der Waals surface area (Å²) in [6, 6.07) is 9.70. The molecule has 0 spiro atoms. The topological polar surface area (TPSA) is 110 Å². The van der Waals surface area contributed by atoms with Crippen LogP contribution in [-0.4, -0.2) is 32.3 Å². The minimum absolute atomic E-state index is 0. The van der Waals surface area contributed by atoms with E-state index in [1.807, 2.05) is 6.07 Å². The third kappa shape index (κ3) is 2.98. The van der Waals surface area contributed by atoms with Crippen molar-refractivity contribution < 1.29 is 14.8 Å². The number of amides is 1. The molecular formula is C20H17BrN4O4. The van der Waals surface area contributed by atoms with E-state index in [-0.39, 0.29) is 34.3 Å². The number of aryl methyl sites for hydroxylation is 1. The predicted octanol–water partition coefficient (Wildman–Crippen LogP) is 3.25. The second-order valence-corrected chi connectivity index (χ2v) is 6.99. The molecule has 29 heavy (non-hydrogen) atoms. The molecule has 2 N–H and O–H groups in total. The summed E-state index contributed by atoms with van der Waals surface area (Å²) in [5, 5.41) is 29.2. The average molecular weight is 457 g/mol. The Morgan fingerprint density at radius 2 is 2.00 bits per heavy atom. The molecule has 9 heteroatoms. The number of fused-ring (bicyclic) bond motifs is 5. The van der Waals surface area contributed by atoms with E-state index in [2.05, 4.69) is 10.4 Å². The molecule has 8 nitrogen and oxygen atoms in total. The van der Waals surface area contributed by atoms with Crippen LogP contribution in [-0.2, 0) is 19.4 Å². The highest BCUT2D eigenvalue weighted by Gasteiger charge is 2.30. The Balaban J connectivity index is 0.00000205. The summed E-state index contributed by atoms with van der Waals surface area (Å²) in [6.45, 7) is 1.17. The first-order valence-corrected chi connectivity index (χ1v) is 9.02. The number of halogens is 1. The van der Waals surface area contributed by atoms with Gasteiger partial charge in [-0.3, -0.25) is 19.6 Å². The number of rotatable bonds is 2. The van der Waals surface area contributed by atoms with Crippen molar-refractivity contribution in [3.8, 4) is 28.1 Å². The van der Waals surface area contributed by atoms with E-state index < -0.39 is 4.92 Å². The van der Waals surface area contributed by atoms with Gasteiger partial charge in [0.15, 0.2) is 0 Å². The molecule has 0 saturated heterocycles. The number of hydrogen-bond acceptors (Lipinski definition) is 5. The van der Waals surface area contributed by atoms with Gasteiger partial charge < -0.3 is 10.4 Å². The summed E-state index contributed by atoms with van der Waals surface area (Å²) < 4.78 is 1.75. The number of nitrogens with zero attached hydrogens (tertiary/aromatic N) is 3. The highest BCUT2D eigenvalue weighted by atomic mass is 79.9. The summed E-state index contributed by atoms with van der Waals surface area (Å²) in [7, 11) is 0. The summed E-state index contributed by atoms with van der Waals surface area (Å²) in [6.07, 6.45) is 1.37. The van der Waals surface area contributed by atoms with Crippen LogP contribution < -0.4 is 5.32 Å². The van der Waals surface area contributed by atoms with Crippen molar-refractivity contribution in [3.05, 3.63) is 63.3 Å². The first kappa shape index (κ1) is 19.1. The number of nitrogens with one attached hydrogen (secondary N) is 1. The molecule has 1 aliphatic carbocycles. The number of phenolic OH excluding ortho intramolecular Hbond substituents is 1. The maximum Gasteiger partial charge on any atom is 0.270 e. The molecule has 5 rings (SSSR count). The van der Waals surface area contributed by atoms with Crippen LogP contribution in [0.25, 0.3) is 22.4 Å². The summed E-state index contributed by atoms with van der Waals surface area (Å²) in [5.41, 5.74) is 5.11. The zero-order chi connectivity index (χ0) is 19.4. The van der Waals surface area contributed by atoms with Crippen LogP contribution in [0, 0.1) is 10.1 Å². The number of non-ortho nitro benzene ring substituents is 1. The van der Waals surface area contributed by atoms with E-state index in [9.17, 15) is 20.0 Å². The van der Waals surface area contributed by atoms with Gasteiger partial charge >= 0.3 is 0 Å². The number of phenols is 1. The quantitative estimate of drug-likeness (QED) is 0.454. The summed E-state index contributed by atoms with van der Waals surface area (Å²) in [4.78, 5) is 22.9. The van der Waals surface area contributed by atoms with Crippen molar-refractivity contribution in [1.82, 2.24) is 15.1 Å². The fourth-order valence-corrected chi connectivity index (χ4v) is 4.06. The van der Waals surface area contributed by atoms with Crippen molar-refractivity contribution in [3.63, 3.8) is 0 Å². The van der Waals surface area contributed by atoms with Gasteiger partial charge in [-0.25, -0.2) is 0 Å². The maximum atomic E-state index is 12.3. The molecule has 0 fully saturated rings. The van der Waals surface area contributed by atoms with Crippen LogP contribution in [0.5, 0.6) is 5.75 Å². The van der Waals surface area contributed by atoms with Gasteiger partial charge in [-0.1, -0.05) is 12.1 Å². The highest BCUT2D eigenvalue weighted by Crippen LogP contribution is 2.41. The number of carbonyl (C=O) groups excluding carboxylic acids is 1. The number of carbonyl (C=O) groups is 1. The number of nitro groups is 1. The fourth-order valence-electron chi connectivity index (χ4n) is 4.06. The average Bonchev–Trinajstić information content (AvgIpc) is 3.07. The number of benzene rings is 2. The van der Waals surface area contributed by atoms with Crippen LogP contribution in [0.3, 0.4) is 0 Å². The van der Waals surface area contributed by atoms with Gasteiger partial charge in [-0.05, 0) is 36.1 Å². The van der Waals surface area contributed by atoms with Crippen molar-refractivity contribution in [2.75, 3.05) is 6.54 Å². The number of hydrogen-bond donors (Lipinski definition) is 2. The van der Waals surface area contributed by atoms with E-state index in [1.54, 1.807) is 22.9 Å². The summed E-state index contributed by atoms with van der Waals surface area (Å²) >= 11 is 0. The molecular weight excluding hydrogens is 440 g/mol. The molecule has 1 amide bonds. The van der Waals surface area contributed by atoms with Gasteiger partial charge in [0.2, 0.25) is 0 Å². The van der Waals surface area contributed by atoms with Gasteiger partial charge in [0.1, 0.15) is 11.4 Å². The molecule has 2 aromatic carbocycles. The normalized spacial score (nSPS) is 14.1. The monoisotopic (exact) mass is 456 g/mol. The van der Waals surface area contributed by atoms with Crippen molar-refractivity contribution in [1.29, 1.82) is 0 Å². The molecule has 2 heterocycles. The van der Waals surface area contributed by atoms with Gasteiger partial charge in [-0.2, -0.15) is 5.10 Å². The van der Waals surface area contributed by atoms with Crippen LogP contribution >= 0.6 is 17.0 Å².